The summed E-state index contributed by atoms with van der Waals surface area (Å²) in [6.07, 6.45) is 3.86. The summed E-state index contributed by atoms with van der Waals surface area (Å²) in [7, 11) is 0. The second kappa shape index (κ2) is 6.91. The predicted octanol–water partition coefficient (Wildman–Crippen LogP) is 1.39. The zero-order chi connectivity index (χ0) is 14.4. The van der Waals surface area contributed by atoms with Crippen molar-refractivity contribution in [1.82, 2.24) is 15.2 Å². The highest BCUT2D eigenvalue weighted by molar-refractivity contribution is 6.51. The number of carbonyl (C=O) groups excluding carboxylic acids is 1. The average molecular weight is 305 g/mol. The van der Waals surface area contributed by atoms with Crippen LogP contribution in [0.1, 0.15) is 17.3 Å². The molecule has 1 aromatic heterocycles. The van der Waals surface area contributed by atoms with E-state index < -0.39 is 16.9 Å². The predicted molar refractivity (Wildman–Crippen MR) is 70.2 cm³/mol. The summed E-state index contributed by atoms with van der Waals surface area (Å²) in [4.78, 5) is 22.0. The first-order valence-electron chi connectivity index (χ1n) is 5.10. The van der Waals surface area contributed by atoms with Crippen LogP contribution in [-0.4, -0.2) is 33.0 Å². The first-order valence-corrected chi connectivity index (χ1v) is 5.85. The Labute approximate surface area is 118 Å². The number of aliphatic carboxylic acids is 1. The summed E-state index contributed by atoms with van der Waals surface area (Å²) in [6.45, 7) is 2.52. The van der Waals surface area contributed by atoms with Gasteiger partial charge in [-0.1, -0.05) is 23.2 Å². The quantitative estimate of drug-likeness (QED) is 0.488. The highest BCUT2D eigenvalue weighted by Gasteiger charge is 2.09. The number of hydrogen-bond donors (Lipinski definition) is 2. The Bertz CT molecular complexity index is 551. The van der Waals surface area contributed by atoms with E-state index in [1.807, 2.05) is 6.92 Å². The second-order valence-electron chi connectivity index (χ2n) is 3.25. The van der Waals surface area contributed by atoms with E-state index in [2.05, 4.69) is 15.6 Å². The van der Waals surface area contributed by atoms with Crippen molar-refractivity contribution in [1.29, 1.82) is 0 Å². The molecular weight excluding hydrogens is 295 g/mol. The van der Waals surface area contributed by atoms with Crippen LogP contribution < -0.4 is 5.43 Å². The van der Waals surface area contributed by atoms with Gasteiger partial charge in [-0.05, 0) is 6.92 Å². The maximum Gasteiger partial charge on any atom is 0.348 e. The molecule has 0 radical (unpaired) electrons. The Morgan fingerprint density at radius 2 is 2.26 bits per heavy atom. The summed E-state index contributed by atoms with van der Waals surface area (Å²) in [5.41, 5.74) is 2.49. The van der Waals surface area contributed by atoms with Gasteiger partial charge in [0.05, 0.1) is 23.0 Å². The number of carboxylic acids is 1. The van der Waals surface area contributed by atoms with Crippen molar-refractivity contribution < 1.29 is 14.7 Å². The first kappa shape index (κ1) is 15.2. The van der Waals surface area contributed by atoms with E-state index in [4.69, 9.17) is 28.3 Å². The van der Waals surface area contributed by atoms with Crippen molar-refractivity contribution in [2.24, 2.45) is 5.10 Å². The van der Waals surface area contributed by atoms with Crippen LogP contribution in [-0.2, 0) is 11.3 Å². The fourth-order valence-corrected chi connectivity index (χ4v) is 1.20. The van der Waals surface area contributed by atoms with Crippen molar-refractivity contribution in [2.45, 2.75) is 13.5 Å². The number of halogens is 2. The summed E-state index contributed by atoms with van der Waals surface area (Å²) in [6, 6.07) is 0. The lowest BCUT2D eigenvalue weighted by Gasteiger charge is -1.96. The van der Waals surface area contributed by atoms with Crippen LogP contribution in [0.4, 0.5) is 0 Å². The van der Waals surface area contributed by atoms with Crippen LogP contribution in [0.25, 0.3) is 0 Å². The van der Waals surface area contributed by atoms with Crippen molar-refractivity contribution >= 4 is 41.3 Å². The summed E-state index contributed by atoms with van der Waals surface area (Å²) < 4.78 is 1.58. The summed E-state index contributed by atoms with van der Waals surface area (Å²) >= 11 is 10.9. The number of nitrogens with one attached hydrogen (secondary N) is 1. The Morgan fingerprint density at radius 1 is 1.58 bits per heavy atom. The molecule has 0 aromatic carbocycles. The number of aromatic nitrogens is 2. The number of allylic oxidation sites excluding steroid dienone is 1. The van der Waals surface area contributed by atoms with E-state index in [0.29, 0.717) is 12.1 Å². The average Bonchev–Trinajstić information content (AvgIpc) is 2.86. The van der Waals surface area contributed by atoms with Crippen LogP contribution in [0.2, 0.25) is 0 Å². The highest BCUT2D eigenvalue weighted by atomic mass is 35.5. The molecule has 1 heterocycles. The Hall–Kier alpha value is -1.86. The van der Waals surface area contributed by atoms with E-state index in [1.165, 1.54) is 6.20 Å². The minimum Gasteiger partial charge on any atom is -0.477 e. The molecule has 0 aliphatic heterocycles. The van der Waals surface area contributed by atoms with Gasteiger partial charge in [0, 0.05) is 12.7 Å². The van der Waals surface area contributed by atoms with Crippen LogP contribution in [0.5, 0.6) is 0 Å². The van der Waals surface area contributed by atoms with Gasteiger partial charge in [0.25, 0.3) is 5.91 Å². The normalized spacial score (nSPS) is 12.4. The molecule has 2 N–H and O–H groups in total. The maximum atomic E-state index is 11.6. The Balaban J connectivity index is 2.64. The van der Waals surface area contributed by atoms with E-state index in [1.54, 1.807) is 10.9 Å². The third-order valence-corrected chi connectivity index (χ3v) is 2.71. The van der Waals surface area contributed by atoms with Gasteiger partial charge in [-0.2, -0.15) is 10.2 Å². The lowest BCUT2D eigenvalue weighted by molar-refractivity contribution is -0.131. The largest absolute Gasteiger partial charge is 0.477 e. The molecule has 1 rings (SSSR count). The van der Waals surface area contributed by atoms with Gasteiger partial charge in [-0.15, -0.1) is 0 Å². The van der Waals surface area contributed by atoms with Gasteiger partial charge >= 0.3 is 5.97 Å². The number of hydrazone groups is 1. The van der Waals surface area contributed by atoms with Crippen molar-refractivity contribution in [2.75, 3.05) is 0 Å². The zero-order valence-electron chi connectivity index (χ0n) is 9.80. The van der Waals surface area contributed by atoms with Gasteiger partial charge < -0.3 is 5.11 Å². The lowest BCUT2D eigenvalue weighted by atomic mass is 10.3. The van der Waals surface area contributed by atoms with Crippen molar-refractivity contribution in [3.8, 4) is 0 Å². The zero-order valence-corrected chi connectivity index (χ0v) is 11.3. The molecule has 0 spiro atoms. The highest BCUT2D eigenvalue weighted by Crippen LogP contribution is 2.11. The standard InChI is InChI=1S/C10H10Cl2N4O3/c1-2-16-5-6(3-14-16)9(17)15-13-4-7(11)8(12)10(18)19/h3-5H,2H2,1H3,(H,15,17)(H,18,19). The number of aryl methyl sites for hydroxylation is 1. The molecule has 0 atom stereocenters. The lowest BCUT2D eigenvalue weighted by Crippen LogP contribution is -2.17. The van der Waals surface area contributed by atoms with Crippen LogP contribution in [0.15, 0.2) is 27.6 Å². The van der Waals surface area contributed by atoms with Gasteiger partial charge in [-0.25, -0.2) is 10.2 Å². The molecule has 9 heteroatoms. The molecule has 1 aromatic rings. The SMILES string of the molecule is CCn1cc(C(=O)NN=CC(Cl)=C(Cl)C(=O)O)cn1. The Morgan fingerprint density at radius 3 is 2.79 bits per heavy atom. The number of carboxylic acid groups (broad SMARTS) is 1. The molecule has 19 heavy (non-hydrogen) atoms. The van der Waals surface area contributed by atoms with E-state index >= 15 is 0 Å². The molecule has 1 amide bonds. The molecule has 102 valence electrons. The van der Waals surface area contributed by atoms with Crippen LogP contribution in [0.3, 0.4) is 0 Å². The third-order valence-electron chi connectivity index (χ3n) is 1.96. The topological polar surface area (TPSA) is 96.6 Å². The summed E-state index contributed by atoms with van der Waals surface area (Å²) in [5.74, 6) is -1.87. The van der Waals surface area contributed by atoms with Crippen molar-refractivity contribution in [3.63, 3.8) is 0 Å². The molecule has 0 saturated heterocycles. The number of carbonyl (C=O) groups is 2. The van der Waals surface area contributed by atoms with Gasteiger partial charge in [0.2, 0.25) is 0 Å². The van der Waals surface area contributed by atoms with Crippen LogP contribution in [0, 0.1) is 0 Å². The minimum absolute atomic E-state index is 0.293. The molecule has 7 nitrogen and oxygen atoms in total. The smallest absolute Gasteiger partial charge is 0.348 e. The third kappa shape index (κ3) is 4.38. The van der Waals surface area contributed by atoms with E-state index in [-0.39, 0.29) is 5.03 Å². The van der Waals surface area contributed by atoms with Crippen LogP contribution >= 0.6 is 23.2 Å². The molecule has 0 bridgehead atoms. The molecule has 0 saturated carbocycles. The summed E-state index contributed by atoms with van der Waals surface area (Å²) in [5, 5.41) is 15.1. The first-order chi connectivity index (χ1) is 8.95. The maximum absolute atomic E-state index is 11.6. The molecular formula is C10H10Cl2N4O3. The van der Waals surface area contributed by atoms with E-state index in [0.717, 1.165) is 6.21 Å². The molecule has 0 unspecified atom stereocenters. The van der Waals surface area contributed by atoms with Gasteiger partial charge in [0.15, 0.2) is 0 Å². The van der Waals surface area contributed by atoms with Gasteiger partial charge in [0.1, 0.15) is 5.03 Å². The number of nitrogens with zero attached hydrogens (tertiary/aromatic N) is 3. The fraction of sp³-hybridized carbons (Fsp3) is 0.200. The number of rotatable bonds is 5. The van der Waals surface area contributed by atoms with Crippen molar-refractivity contribution in [3.05, 3.63) is 28.0 Å². The number of amides is 1. The monoisotopic (exact) mass is 304 g/mol. The van der Waals surface area contributed by atoms with Gasteiger partial charge in [-0.3, -0.25) is 9.48 Å². The van der Waals surface area contributed by atoms with E-state index in [9.17, 15) is 9.59 Å². The Kier molecular flexibility index (Phi) is 5.53. The number of hydrogen-bond acceptors (Lipinski definition) is 4. The molecule has 0 aliphatic carbocycles. The second-order valence-corrected chi connectivity index (χ2v) is 4.04. The molecule has 0 aliphatic rings. The minimum atomic E-state index is -1.38. The fourth-order valence-electron chi connectivity index (χ4n) is 1.02. The molecule has 0 fully saturated rings.